The molecule has 0 spiro atoms. The second-order valence-corrected chi connectivity index (χ2v) is 5.01. The van der Waals surface area contributed by atoms with Gasteiger partial charge in [-0.2, -0.15) is 5.10 Å². The van der Waals surface area contributed by atoms with Crippen LogP contribution in [-0.4, -0.2) is 23.0 Å². The Morgan fingerprint density at radius 3 is 2.74 bits per heavy atom. The Bertz CT molecular complexity index is 634. The van der Waals surface area contributed by atoms with Crippen molar-refractivity contribution in [2.45, 2.75) is 19.8 Å². The number of amides is 1. The largest absolute Gasteiger partial charge is 0.453 e. The molecule has 0 bridgehead atoms. The average Bonchev–Trinajstić information content (AvgIpc) is 2.67. The molecule has 102 valence electrons. The molecule has 2 rings (SSSR count). The fraction of sp³-hybridized carbons (Fsp3) is 0.385. The molecular weight excluding hydrogens is 266 g/mol. The van der Waals surface area contributed by atoms with E-state index in [0.717, 1.165) is 16.5 Å². The van der Waals surface area contributed by atoms with Crippen molar-refractivity contribution in [2.24, 2.45) is 7.05 Å². The minimum Gasteiger partial charge on any atom is -0.453 e. The Hall–Kier alpha value is -1.75. The summed E-state index contributed by atoms with van der Waals surface area (Å²) in [6, 6.07) is 3.81. The zero-order chi connectivity index (χ0) is 14.2. The lowest BCUT2D eigenvalue weighted by Gasteiger charge is -2.09. The summed E-state index contributed by atoms with van der Waals surface area (Å²) in [5.74, 6) is 0.748. The van der Waals surface area contributed by atoms with Crippen molar-refractivity contribution in [3.63, 3.8) is 0 Å². The summed E-state index contributed by atoms with van der Waals surface area (Å²) in [5.41, 5.74) is 2.06. The molecule has 0 unspecified atom stereocenters. The molecule has 6 heteroatoms. The van der Waals surface area contributed by atoms with E-state index in [9.17, 15) is 4.79 Å². The molecule has 1 N–H and O–H groups in total. The van der Waals surface area contributed by atoms with Crippen LogP contribution in [0.1, 0.15) is 25.3 Å². The summed E-state index contributed by atoms with van der Waals surface area (Å²) in [6.07, 6.45) is -0.564. The Kier molecular flexibility index (Phi) is 3.66. The molecule has 1 aromatic carbocycles. The molecular formula is C13H16ClN3O2. The number of methoxy groups -OCH3 is 1. The van der Waals surface area contributed by atoms with Crippen LogP contribution in [0.3, 0.4) is 0 Å². The van der Waals surface area contributed by atoms with Crippen LogP contribution in [0, 0.1) is 0 Å². The summed E-state index contributed by atoms with van der Waals surface area (Å²) >= 11 is 6.23. The maximum atomic E-state index is 11.3. The number of fused-ring (bicyclic) bond motifs is 1. The van der Waals surface area contributed by atoms with E-state index >= 15 is 0 Å². The maximum absolute atomic E-state index is 11.3. The van der Waals surface area contributed by atoms with Crippen LogP contribution in [0.25, 0.3) is 10.9 Å². The normalized spacial score (nSPS) is 11.1. The maximum Gasteiger partial charge on any atom is 0.412 e. The van der Waals surface area contributed by atoms with Gasteiger partial charge in [-0.15, -0.1) is 0 Å². The first kappa shape index (κ1) is 13.7. The highest BCUT2D eigenvalue weighted by Gasteiger charge is 2.18. The van der Waals surface area contributed by atoms with Gasteiger partial charge in [-0.3, -0.25) is 10.00 Å². The summed E-state index contributed by atoms with van der Waals surface area (Å²) in [7, 11) is 3.13. The fourth-order valence-corrected chi connectivity index (χ4v) is 2.35. The monoisotopic (exact) mass is 281 g/mol. The van der Waals surface area contributed by atoms with Crippen molar-refractivity contribution in [2.75, 3.05) is 12.4 Å². The minimum absolute atomic E-state index is 0.334. The lowest BCUT2D eigenvalue weighted by molar-refractivity contribution is 0.187. The van der Waals surface area contributed by atoms with Gasteiger partial charge in [0.25, 0.3) is 0 Å². The van der Waals surface area contributed by atoms with Crippen molar-refractivity contribution < 1.29 is 9.53 Å². The number of hydrogen-bond donors (Lipinski definition) is 1. The standard InChI is InChI=1S/C13H16ClN3O2/c1-7(2)8-5-6-9(14)10-11(8)17(3)16-12(10)15-13(18)19-4/h5-7H,1-4H3,(H,15,16,18). The van der Waals surface area contributed by atoms with Gasteiger partial charge >= 0.3 is 6.09 Å². The summed E-state index contributed by atoms with van der Waals surface area (Å²) in [4.78, 5) is 11.3. The number of hydrogen-bond acceptors (Lipinski definition) is 3. The number of carbonyl (C=O) groups is 1. The van der Waals surface area contributed by atoms with Crippen molar-refractivity contribution >= 4 is 34.4 Å². The van der Waals surface area contributed by atoms with Crippen LogP contribution >= 0.6 is 11.6 Å². The van der Waals surface area contributed by atoms with Crippen molar-refractivity contribution in [3.05, 3.63) is 22.7 Å². The van der Waals surface area contributed by atoms with Gasteiger partial charge < -0.3 is 4.74 Å². The number of nitrogens with one attached hydrogen (secondary N) is 1. The van der Waals surface area contributed by atoms with Gasteiger partial charge in [-0.05, 0) is 17.5 Å². The number of halogens is 1. The predicted molar refractivity (Wildman–Crippen MR) is 75.8 cm³/mol. The second kappa shape index (κ2) is 5.09. The molecule has 1 heterocycles. The Labute approximate surface area is 116 Å². The number of benzene rings is 1. The van der Waals surface area contributed by atoms with Gasteiger partial charge in [0.1, 0.15) is 0 Å². The molecule has 0 saturated carbocycles. The van der Waals surface area contributed by atoms with Crippen LogP contribution < -0.4 is 5.32 Å². The summed E-state index contributed by atoms with van der Waals surface area (Å²) < 4.78 is 6.31. The highest BCUT2D eigenvalue weighted by atomic mass is 35.5. The van der Waals surface area contributed by atoms with Crippen LogP contribution in [-0.2, 0) is 11.8 Å². The van der Waals surface area contributed by atoms with Gasteiger partial charge in [0, 0.05) is 7.05 Å². The van der Waals surface area contributed by atoms with E-state index in [-0.39, 0.29) is 0 Å². The van der Waals surface area contributed by atoms with E-state index < -0.39 is 6.09 Å². The van der Waals surface area contributed by atoms with E-state index in [2.05, 4.69) is 29.0 Å². The predicted octanol–water partition coefficient (Wildman–Crippen LogP) is 3.53. The smallest absolute Gasteiger partial charge is 0.412 e. The van der Waals surface area contributed by atoms with Crippen LogP contribution in [0.2, 0.25) is 5.02 Å². The summed E-state index contributed by atoms with van der Waals surface area (Å²) in [5, 5.41) is 8.18. The van der Waals surface area contributed by atoms with E-state index in [0.29, 0.717) is 16.8 Å². The van der Waals surface area contributed by atoms with Crippen LogP contribution in [0.15, 0.2) is 12.1 Å². The number of carbonyl (C=O) groups excluding carboxylic acids is 1. The highest BCUT2D eigenvalue weighted by Crippen LogP contribution is 2.35. The number of ether oxygens (including phenoxy) is 1. The molecule has 19 heavy (non-hydrogen) atoms. The third-order valence-corrected chi connectivity index (χ3v) is 3.31. The van der Waals surface area contributed by atoms with Gasteiger partial charge in [-0.1, -0.05) is 31.5 Å². The topological polar surface area (TPSA) is 56.1 Å². The number of nitrogens with zero attached hydrogens (tertiary/aromatic N) is 2. The number of rotatable bonds is 2. The molecule has 1 amide bonds. The molecule has 0 aliphatic rings. The van der Waals surface area contributed by atoms with Crippen LogP contribution in [0.4, 0.5) is 10.6 Å². The third kappa shape index (κ3) is 2.38. The van der Waals surface area contributed by atoms with Crippen molar-refractivity contribution in [3.8, 4) is 0 Å². The molecule has 2 aromatic rings. The van der Waals surface area contributed by atoms with Crippen LogP contribution in [0.5, 0.6) is 0 Å². The number of anilines is 1. The van der Waals surface area contributed by atoms with E-state index in [1.807, 2.05) is 19.2 Å². The number of aryl methyl sites for hydroxylation is 1. The Morgan fingerprint density at radius 1 is 1.47 bits per heavy atom. The van der Waals surface area contributed by atoms with Gasteiger partial charge in [0.15, 0.2) is 5.82 Å². The first-order valence-corrected chi connectivity index (χ1v) is 6.33. The molecule has 5 nitrogen and oxygen atoms in total. The van der Waals surface area contributed by atoms with Gasteiger partial charge in [0.2, 0.25) is 0 Å². The molecule has 1 aromatic heterocycles. The molecule has 0 fully saturated rings. The lowest BCUT2D eigenvalue weighted by Crippen LogP contribution is -2.11. The van der Waals surface area contributed by atoms with E-state index in [1.165, 1.54) is 7.11 Å². The quantitative estimate of drug-likeness (QED) is 0.916. The Balaban J connectivity index is 2.68. The average molecular weight is 282 g/mol. The SMILES string of the molecule is COC(=O)Nc1nn(C)c2c(C(C)C)ccc(Cl)c12. The minimum atomic E-state index is -0.564. The number of aromatic nitrogens is 2. The van der Waals surface area contributed by atoms with Gasteiger partial charge in [-0.25, -0.2) is 4.79 Å². The zero-order valence-electron chi connectivity index (χ0n) is 11.3. The van der Waals surface area contributed by atoms with E-state index in [4.69, 9.17) is 11.6 Å². The molecule has 0 atom stereocenters. The molecule has 0 saturated heterocycles. The lowest BCUT2D eigenvalue weighted by atomic mass is 10.0. The van der Waals surface area contributed by atoms with Gasteiger partial charge in [0.05, 0.1) is 23.0 Å². The molecule has 0 aliphatic carbocycles. The highest BCUT2D eigenvalue weighted by molar-refractivity contribution is 6.36. The van der Waals surface area contributed by atoms with Crippen molar-refractivity contribution in [1.82, 2.24) is 9.78 Å². The fourth-order valence-electron chi connectivity index (χ4n) is 2.11. The summed E-state index contributed by atoms with van der Waals surface area (Å²) in [6.45, 7) is 4.20. The second-order valence-electron chi connectivity index (χ2n) is 4.60. The molecule has 0 radical (unpaired) electrons. The van der Waals surface area contributed by atoms with E-state index in [1.54, 1.807) is 4.68 Å². The first-order valence-electron chi connectivity index (χ1n) is 5.95. The zero-order valence-corrected chi connectivity index (χ0v) is 12.1. The first-order chi connectivity index (χ1) is 8.95. The third-order valence-electron chi connectivity index (χ3n) is 3.00. The van der Waals surface area contributed by atoms with Crippen molar-refractivity contribution in [1.29, 1.82) is 0 Å². The molecule has 0 aliphatic heterocycles. The Morgan fingerprint density at radius 2 is 2.16 bits per heavy atom.